The van der Waals surface area contributed by atoms with Crippen molar-refractivity contribution in [1.29, 1.82) is 0 Å². The van der Waals surface area contributed by atoms with Gasteiger partial charge in [-0.1, -0.05) is 24.3 Å². The molecular weight excluding hydrogens is 204 g/mol. The molecule has 16 heavy (non-hydrogen) atoms. The molecule has 0 radical (unpaired) electrons. The van der Waals surface area contributed by atoms with Crippen LogP contribution in [-0.2, 0) is 20.9 Å². The van der Waals surface area contributed by atoms with E-state index < -0.39 is 0 Å². The minimum absolute atomic E-state index is 0.151. The maximum absolute atomic E-state index is 11.5. The Balaban J connectivity index is 1.86. The first kappa shape index (κ1) is 10.9. The zero-order valence-electron chi connectivity index (χ0n) is 9.23. The minimum atomic E-state index is -0.247. The lowest BCUT2D eigenvalue weighted by molar-refractivity contribution is -0.156. The Kier molecular flexibility index (Phi) is 3.04. The van der Waals surface area contributed by atoms with Crippen LogP contribution in [-0.4, -0.2) is 11.8 Å². The standard InChI is InChI=1S/C13H14O3/c1-9-4-2-3-5-10(9)8-16-13(15)11-6-12(14)7-11/h2-5,11H,6-8H2,1H3. The lowest BCUT2D eigenvalue weighted by Gasteiger charge is -2.22. The van der Waals surface area contributed by atoms with Gasteiger partial charge in [0.05, 0.1) is 5.92 Å². The van der Waals surface area contributed by atoms with Gasteiger partial charge < -0.3 is 4.74 Å². The molecule has 0 saturated heterocycles. The van der Waals surface area contributed by atoms with Gasteiger partial charge >= 0.3 is 5.97 Å². The zero-order valence-corrected chi connectivity index (χ0v) is 9.23. The van der Waals surface area contributed by atoms with E-state index in [1.807, 2.05) is 31.2 Å². The molecule has 0 aliphatic heterocycles. The van der Waals surface area contributed by atoms with Crippen LogP contribution >= 0.6 is 0 Å². The highest BCUT2D eigenvalue weighted by Crippen LogP contribution is 2.24. The van der Waals surface area contributed by atoms with Crippen LogP contribution in [0.5, 0.6) is 0 Å². The predicted octanol–water partition coefficient (Wildman–Crippen LogP) is 2.02. The number of carbonyl (C=O) groups is 2. The number of Topliss-reactive ketones (excluding diaryl/α,β-unsaturated/α-hetero) is 1. The summed E-state index contributed by atoms with van der Waals surface area (Å²) in [5, 5.41) is 0. The molecule has 1 fully saturated rings. The van der Waals surface area contributed by atoms with Crippen molar-refractivity contribution in [2.45, 2.75) is 26.4 Å². The van der Waals surface area contributed by atoms with Gasteiger partial charge in [-0.25, -0.2) is 0 Å². The molecule has 0 amide bonds. The molecule has 1 aliphatic carbocycles. The van der Waals surface area contributed by atoms with Gasteiger partial charge in [0.25, 0.3) is 0 Å². The normalized spacial score (nSPS) is 15.7. The van der Waals surface area contributed by atoms with E-state index in [1.54, 1.807) is 0 Å². The molecule has 0 spiro atoms. The van der Waals surface area contributed by atoms with Crippen LogP contribution in [0.15, 0.2) is 24.3 Å². The number of hydrogen-bond donors (Lipinski definition) is 0. The van der Waals surface area contributed by atoms with Gasteiger partial charge in [0.1, 0.15) is 12.4 Å². The van der Waals surface area contributed by atoms with E-state index in [0.29, 0.717) is 19.4 Å². The van der Waals surface area contributed by atoms with Gasteiger partial charge in [-0.3, -0.25) is 9.59 Å². The number of ketones is 1. The van der Waals surface area contributed by atoms with Crippen LogP contribution in [0, 0.1) is 12.8 Å². The van der Waals surface area contributed by atoms with Crippen LogP contribution in [0.2, 0.25) is 0 Å². The van der Waals surface area contributed by atoms with E-state index in [-0.39, 0.29) is 17.7 Å². The van der Waals surface area contributed by atoms with E-state index >= 15 is 0 Å². The summed E-state index contributed by atoms with van der Waals surface area (Å²) in [6.07, 6.45) is 0.708. The average molecular weight is 218 g/mol. The second kappa shape index (κ2) is 4.47. The number of carbonyl (C=O) groups excluding carboxylic acids is 2. The topological polar surface area (TPSA) is 43.4 Å². The van der Waals surface area contributed by atoms with E-state index in [2.05, 4.69) is 0 Å². The molecule has 1 aromatic carbocycles. The highest BCUT2D eigenvalue weighted by atomic mass is 16.5. The summed E-state index contributed by atoms with van der Waals surface area (Å²) in [6.45, 7) is 2.28. The third-order valence-electron chi connectivity index (χ3n) is 2.91. The van der Waals surface area contributed by atoms with Crippen molar-refractivity contribution in [1.82, 2.24) is 0 Å². The Hall–Kier alpha value is -1.64. The monoisotopic (exact) mass is 218 g/mol. The van der Waals surface area contributed by atoms with Crippen molar-refractivity contribution in [3.8, 4) is 0 Å². The molecule has 0 bridgehead atoms. The highest BCUT2D eigenvalue weighted by Gasteiger charge is 2.33. The molecule has 84 valence electrons. The number of ether oxygens (including phenoxy) is 1. The third kappa shape index (κ3) is 2.30. The minimum Gasteiger partial charge on any atom is -0.461 e. The maximum Gasteiger partial charge on any atom is 0.310 e. The van der Waals surface area contributed by atoms with Crippen LogP contribution in [0.3, 0.4) is 0 Å². The number of benzene rings is 1. The van der Waals surface area contributed by atoms with Crippen LogP contribution in [0.25, 0.3) is 0 Å². The van der Waals surface area contributed by atoms with E-state index in [4.69, 9.17) is 4.74 Å². The van der Waals surface area contributed by atoms with E-state index in [9.17, 15) is 9.59 Å². The Morgan fingerprint density at radius 1 is 1.38 bits per heavy atom. The molecule has 0 aromatic heterocycles. The Morgan fingerprint density at radius 2 is 2.06 bits per heavy atom. The number of aryl methyl sites for hydroxylation is 1. The van der Waals surface area contributed by atoms with Gasteiger partial charge in [0, 0.05) is 12.8 Å². The number of hydrogen-bond acceptors (Lipinski definition) is 3. The summed E-state index contributed by atoms with van der Waals surface area (Å²) in [5.74, 6) is -0.294. The van der Waals surface area contributed by atoms with Crippen molar-refractivity contribution in [3.63, 3.8) is 0 Å². The first-order valence-corrected chi connectivity index (χ1v) is 5.39. The second-order valence-corrected chi connectivity index (χ2v) is 4.18. The summed E-state index contributed by atoms with van der Waals surface area (Å²) in [6, 6.07) is 7.79. The first-order chi connectivity index (χ1) is 7.66. The fraction of sp³-hybridized carbons (Fsp3) is 0.385. The predicted molar refractivity (Wildman–Crippen MR) is 58.7 cm³/mol. The van der Waals surface area contributed by atoms with Crippen molar-refractivity contribution >= 4 is 11.8 Å². The molecule has 2 rings (SSSR count). The fourth-order valence-electron chi connectivity index (χ4n) is 1.70. The Bertz CT molecular complexity index is 415. The van der Waals surface area contributed by atoms with Crippen molar-refractivity contribution in [3.05, 3.63) is 35.4 Å². The fourth-order valence-corrected chi connectivity index (χ4v) is 1.70. The van der Waals surface area contributed by atoms with Crippen molar-refractivity contribution in [2.75, 3.05) is 0 Å². The highest BCUT2D eigenvalue weighted by molar-refractivity contribution is 5.94. The molecule has 1 aliphatic rings. The maximum atomic E-state index is 11.5. The average Bonchev–Trinajstić information content (AvgIpc) is 2.23. The van der Waals surface area contributed by atoms with Gasteiger partial charge in [-0.05, 0) is 18.1 Å². The quantitative estimate of drug-likeness (QED) is 0.729. The smallest absolute Gasteiger partial charge is 0.310 e. The van der Waals surface area contributed by atoms with Crippen molar-refractivity contribution < 1.29 is 14.3 Å². The zero-order chi connectivity index (χ0) is 11.5. The van der Waals surface area contributed by atoms with Gasteiger partial charge in [-0.2, -0.15) is 0 Å². The molecule has 0 heterocycles. The Labute approximate surface area is 94.4 Å². The molecule has 1 saturated carbocycles. The largest absolute Gasteiger partial charge is 0.461 e. The van der Waals surface area contributed by atoms with Crippen molar-refractivity contribution in [2.24, 2.45) is 5.92 Å². The van der Waals surface area contributed by atoms with E-state index in [1.165, 1.54) is 0 Å². The summed E-state index contributed by atoms with van der Waals surface area (Å²) in [7, 11) is 0. The lowest BCUT2D eigenvalue weighted by atomic mass is 9.84. The molecule has 0 atom stereocenters. The summed E-state index contributed by atoms with van der Waals surface area (Å²) < 4.78 is 5.17. The molecule has 0 N–H and O–H groups in total. The number of esters is 1. The van der Waals surface area contributed by atoms with Gasteiger partial charge in [0.15, 0.2) is 0 Å². The lowest BCUT2D eigenvalue weighted by Crippen LogP contribution is -2.31. The van der Waals surface area contributed by atoms with Crippen LogP contribution < -0.4 is 0 Å². The second-order valence-electron chi connectivity index (χ2n) is 4.18. The number of rotatable bonds is 3. The first-order valence-electron chi connectivity index (χ1n) is 5.39. The molecule has 1 aromatic rings. The summed E-state index contributed by atoms with van der Waals surface area (Å²) in [4.78, 5) is 22.2. The summed E-state index contributed by atoms with van der Waals surface area (Å²) >= 11 is 0. The van der Waals surface area contributed by atoms with Gasteiger partial charge in [-0.15, -0.1) is 0 Å². The Morgan fingerprint density at radius 3 is 2.69 bits per heavy atom. The SMILES string of the molecule is Cc1ccccc1COC(=O)C1CC(=O)C1. The molecular formula is C13H14O3. The molecule has 0 unspecified atom stereocenters. The van der Waals surface area contributed by atoms with Crippen LogP contribution in [0.4, 0.5) is 0 Å². The van der Waals surface area contributed by atoms with Crippen LogP contribution in [0.1, 0.15) is 24.0 Å². The van der Waals surface area contributed by atoms with Gasteiger partial charge in [0.2, 0.25) is 0 Å². The molecule has 3 heteroatoms. The summed E-state index contributed by atoms with van der Waals surface area (Å²) in [5.41, 5.74) is 2.13. The molecule has 3 nitrogen and oxygen atoms in total. The van der Waals surface area contributed by atoms with E-state index in [0.717, 1.165) is 11.1 Å². The third-order valence-corrected chi connectivity index (χ3v) is 2.91.